The molecule has 0 saturated carbocycles. The van der Waals surface area contributed by atoms with E-state index in [0.29, 0.717) is 10.9 Å². The fraction of sp³-hybridized carbons (Fsp3) is 0.0588. The van der Waals surface area contributed by atoms with Gasteiger partial charge in [-0.05, 0) is 29.8 Å². The Morgan fingerprint density at radius 2 is 1.96 bits per heavy atom. The Hall–Kier alpha value is -3.48. The smallest absolute Gasteiger partial charge is 0.280 e. The van der Waals surface area contributed by atoms with Gasteiger partial charge in [0.25, 0.3) is 11.5 Å². The van der Waals surface area contributed by atoms with Crippen molar-refractivity contribution < 1.29 is 9.90 Å². The first-order valence-electron chi connectivity index (χ1n) is 7.13. The van der Waals surface area contributed by atoms with E-state index in [0.717, 1.165) is 5.56 Å². The molecule has 0 radical (unpaired) electrons. The summed E-state index contributed by atoms with van der Waals surface area (Å²) in [7, 11) is 1.54. The van der Waals surface area contributed by atoms with E-state index in [1.807, 2.05) is 0 Å². The van der Waals surface area contributed by atoms with Gasteiger partial charge >= 0.3 is 0 Å². The molecular formula is C17H14N4O3. The molecule has 0 atom stereocenters. The van der Waals surface area contributed by atoms with Crippen LogP contribution in [0.25, 0.3) is 10.9 Å². The van der Waals surface area contributed by atoms with Crippen LogP contribution in [0.3, 0.4) is 0 Å². The van der Waals surface area contributed by atoms with Crippen molar-refractivity contribution in [3.8, 4) is 5.75 Å². The van der Waals surface area contributed by atoms with Gasteiger partial charge in [0.2, 0.25) is 0 Å². The van der Waals surface area contributed by atoms with Crippen LogP contribution in [0.2, 0.25) is 0 Å². The van der Waals surface area contributed by atoms with Crippen LogP contribution in [0, 0.1) is 0 Å². The standard InChI is InChI=1S/C17H14N4O3/c1-21-13-5-3-2-4-12(13)15(22)14(17(21)24)16(23)20-19-10-11-6-8-18-9-7-11/h2-10,22H,1H3,(H,20,23)/b19-10+. The molecule has 0 unspecified atom stereocenters. The average Bonchev–Trinajstić information content (AvgIpc) is 2.61. The van der Waals surface area contributed by atoms with Gasteiger partial charge in [0.1, 0.15) is 11.3 Å². The number of aromatic nitrogens is 2. The number of hydrogen-bond acceptors (Lipinski definition) is 5. The number of carbonyl (C=O) groups is 1. The molecule has 7 heteroatoms. The molecule has 2 aromatic heterocycles. The highest BCUT2D eigenvalue weighted by Crippen LogP contribution is 2.25. The largest absolute Gasteiger partial charge is 0.506 e. The van der Waals surface area contributed by atoms with Crippen LogP contribution in [0.5, 0.6) is 5.75 Å². The summed E-state index contributed by atoms with van der Waals surface area (Å²) in [5, 5.41) is 14.5. The Kier molecular flexibility index (Phi) is 4.07. The van der Waals surface area contributed by atoms with E-state index in [4.69, 9.17) is 0 Å². The predicted molar refractivity (Wildman–Crippen MR) is 90.2 cm³/mol. The summed E-state index contributed by atoms with van der Waals surface area (Å²) >= 11 is 0. The zero-order chi connectivity index (χ0) is 17.1. The van der Waals surface area contributed by atoms with Gasteiger partial charge in [0.05, 0.1) is 11.7 Å². The minimum atomic E-state index is -0.774. The molecule has 1 amide bonds. The maximum atomic E-state index is 12.4. The van der Waals surface area contributed by atoms with Crippen LogP contribution in [-0.4, -0.2) is 26.8 Å². The third-order valence-electron chi connectivity index (χ3n) is 3.59. The molecule has 0 aliphatic carbocycles. The normalized spacial score (nSPS) is 11.0. The first-order valence-corrected chi connectivity index (χ1v) is 7.13. The van der Waals surface area contributed by atoms with E-state index < -0.39 is 11.5 Å². The summed E-state index contributed by atoms with van der Waals surface area (Å²) in [6, 6.07) is 10.2. The summed E-state index contributed by atoms with van der Waals surface area (Å²) in [5.41, 5.74) is 2.59. The Morgan fingerprint density at radius 3 is 2.71 bits per heavy atom. The Bertz CT molecular complexity index is 994. The average molecular weight is 322 g/mol. The topological polar surface area (TPSA) is 96.6 Å². The summed E-state index contributed by atoms with van der Waals surface area (Å²) in [6.07, 6.45) is 4.60. The molecule has 0 bridgehead atoms. The van der Waals surface area contributed by atoms with Gasteiger partial charge in [-0.1, -0.05) is 12.1 Å². The summed E-state index contributed by atoms with van der Waals surface area (Å²) in [6.45, 7) is 0. The highest BCUT2D eigenvalue weighted by Gasteiger charge is 2.20. The van der Waals surface area contributed by atoms with Gasteiger partial charge in [-0.25, -0.2) is 5.43 Å². The van der Waals surface area contributed by atoms with Gasteiger partial charge in [-0.3, -0.25) is 14.6 Å². The molecule has 0 saturated heterocycles. The monoisotopic (exact) mass is 322 g/mol. The number of benzene rings is 1. The second-order valence-corrected chi connectivity index (χ2v) is 5.08. The van der Waals surface area contributed by atoms with E-state index in [1.54, 1.807) is 55.8 Å². The zero-order valence-electron chi connectivity index (χ0n) is 12.8. The van der Waals surface area contributed by atoms with E-state index >= 15 is 0 Å². The molecule has 24 heavy (non-hydrogen) atoms. The van der Waals surface area contributed by atoms with Gasteiger partial charge in [0, 0.05) is 24.8 Å². The number of amides is 1. The number of pyridine rings is 2. The fourth-order valence-electron chi connectivity index (χ4n) is 2.35. The molecule has 2 heterocycles. The lowest BCUT2D eigenvalue weighted by Crippen LogP contribution is -2.30. The Morgan fingerprint density at radius 1 is 1.25 bits per heavy atom. The number of aryl methyl sites for hydroxylation is 1. The molecule has 0 aliphatic rings. The molecule has 0 aliphatic heterocycles. The van der Waals surface area contributed by atoms with Crippen LogP contribution in [0.15, 0.2) is 58.7 Å². The Labute approximate surface area is 136 Å². The molecule has 3 aromatic rings. The summed E-state index contributed by atoms with van der Waals surface area (Å²) in [4.78, 5) is 28.5. The number of rotatable bonds is 3. The van der Waals surface area contributed by atoms with Crippen molar-refractivity contribution in [2.45, 2.75) is 0 Å². The van der Waals surface area contributed by atoms with Gasteiger partial charge in [0.15, 0.2) is 0 Å². The molecule has 120 valence electrons. The van der Waals surface area contributed by atoms with Crippen molar-refractivity contribution in [1.82, 2.24) is 15.0 Å². The van der Waals surface area contributed by atoms with Crippen molar-refractivity contribution in [1.29, 1.82) is 0 Å². The SMILES string of the molecule is Cn1c(=O)c(C(=O)N/N=C/c2ccncc2)c(O)c2ccccc21. The number of aromatic hydroxyl groups is 1. The van der Waals surface area contributed by atoms with Gasteiger partial charge in [-0.2, -0.15) is 5.10 Å². The molecular weight excluding hydrogens is 308 g/mol. The van der Waals surface area contributed by atoms with E-state index in [2.05, 4.69) is 15.5 Å². The number of hydrogen-bond donors (Lipinski definition) is 2. The number of para-hydroxylation sites is 1. The molecule has 1 aromatic carbocycles. The Balaban J connectivity index is 1.96. The third-order valence-corrected chi connectivity index (χ3v) is 3.59. The second kappa shape index (κ2) is 6.33. The maximum absolute atomic E-state index is 12.4. The third kappa shape index (κ3) is 2.74. The number of nitrogens with one attached hydrogen (secondary N) is 1. The number of nitrogens with zero attached hydrogens (tertiary/aromatic N) is 3. The van der Waals surface area contributed by atoms with Crippen molar-refractivity contribution in [3.63, 3.8) is 0 Å². The number of hydrazone groups is 1. The molecule has 0 fully saturated rings. The number of fused-ring (bicyclic) bond motifs is 1. The van der Waals surface area contributed by atoms with E-state index in [1.165, 1.54) is 10.8 Å². The van der Waals surface area contributed by atoms with Crippen LogP contribution in [0.4, 0.5) is 0 Å². The summed E-state index contributed by atoms with van der Waals surface area (Å²) in [5.74, 6) is -1.13. The highest BCUT2D eigenvalue weighted by atomic mass is 16.3. The second-order valence-electron chi connectivity index (χ2n) is 5.08. The van der Waals surface area contributed by atoms with Crippen LogP contribution >= 0.6 is 0 Å². The number of carbonyl (C=O) groups excluding carboxylic acids is 1. The van der Waals surface area contributed by atoms with Crippen LogP contribution in [0.1, 0.15) is 15.9 Å². The predicted octanol–water partition coefficient (Wildman–Crippen LogP) is 1.40. The van der Waals surface area contributed by atoms with Crippen molar-refractivity contribution in [2.75, 3.05) is 0 Å². The van der Waals surface area contributed by atoms with Crippen molar-refractivity contribution in [3.05, 3.63) is 70.3 Å². The lowest BCUT2D eigenvalue weighted by atomic mass is 10.1. The lowest BCUT2D eigenvalue weighted by Gasteiger charge is -2.10. The maximum Gasteiger partial charge on any atom is 0.280 e. The zero-order valence-corrected chi connectivity index (χ0v) is 12.8. The molecule has 0 spiro atoms. The summed E-state index contributed by atoms with van der Waals surface area (Å²) < 4.78 is 1.32. The lowest BCUT2D eigenvalue weighted by molar-refractivity contribution is 0.0950. The van der Waals surface area contributed by atoms with Crippen LogP contribution < -0.4 is 11.0 Å². The highest BCUT2D eigenvalue weighted by molar-refractivity contribution is 6.02. The minimum Gasteiger partial charge on any atom is -0.506 e. The van der Waals surface area contributed by atoms with Crippen molar-refractivity contribution in [2.24, 2.45) is 12.1 Å². The van der Waals surface area contributed by atoms with E-state index in [-0.39, 0.29) is 11.3 Å². The van der Waals surface area contributed by atoms with Crippen molar-refractivity contribution >= 4 is 23.0 Å². The molecule has 2 N–H and O–H groups in total. The van der Waals surface area contributed by atoms with Crippen LogP contribution in [-0.2, 0) is 7.05 Å². The first kappa shape index (κ1) is 15.4. The van der Waals surface area contributed by atoms with Gasteiger partial charge in [-0.15, -0.1) is 0 Å². The first-order chi connectivity index (χ1) is 11.6. The molecule has 3 rings (SSSR count). The minimum absolute atomic E-state index is 0.344. The van der Waals surface area contributed by atoms with Gasteiger partial charge < -0.3 is 9.67 Å². The fourth-order valence-corrected chi connectivity index (χ4v) is 2.35. The molecule has 7 nitrogen and oxygen atoms in total. The van der Waals surface area contributed by atoms with E-state index in [9.17, 15) is 14.7 Å². The quantitative estimate of drug-likeness (QED) is 0.563.